The Hall–Kier alpha value is -0.810. The average molecular weight is 203 g/mol. The first-order valence-corrected chi connectivity index (χ1v) is 4.85. The summed E-state index contributed by atoms with van der Waals surface area (Å²) in [5.41, 5.74) is 5.46. The number of amidine groups is 1. The standard InChI is InChI=1S/C9H21N3O2/c1-4-14-6-5-12(3)7-8(2)9(10)11-13/h8,13H,4-7H2,1-3H3,(H2,10,11). The lowest BCUT2D eigenvalue weighted by Crippen LogP contribution is -2.34. The molecule has 0 aromatic rings. The van der Waals surface area contributed by atoms with Crippen molar-refractivity contribution in [2.75, 3.05) is 33.4 Å². The van der Waals surface area contributed by atoms with E-state index in [1.54, 1.807) is 0 Å². The molecule has 0 fully saturated rings. The van der Waals surface area contributed by atoms with E-state index >= 15 is 0 Å². The zero-order valence-electron chi connectivity index (χ0n) is 9.23. The lowest BCUT2D eigenvalue weighted by atomic mass is 10.1. The fourth-order valence-electron chi connectivity index (χ4n) is 1.12. The number of likely N-dealkylation sites (N-methyl/N-ethyl adjacent to an activating group) is 1. The maximum Gasteiger partial charge on any atom is 0.143 e. The molecule has 0 aliphatic rings. The molecule has 0 aliphatic heterocycles. The smallest absolute Gasteiger partial charge is 0.143 e. The predicted octanol–water partition coefficient (Wildman–Crippen LogP) is 0.337. The third kappa shape index (κ3) is 5.77. The van der Waals surface area contributed by atoms with Gasteiger partial charge in [-0.1, -0.05) is 12.1 Å². The van der Waals surface area contributed by atoms with Crippen molar-refractivity contribution in [1.29, 1.82) is 0 Å². The van der Waals surface area contributed by atoms with Gasteiger partial charge in [0.05, 0.1) is 6.61 Å². The van der Waals surface area contributed by atoms with Crippen molar-refractivity contribution in [3.05, 3.63) is 0 Å². The van der Waals surface area contributed by atoms with Crippen LogP contribution in [0.5, 0.6) is 0 Å². The summed E-state index contributed by atoms with van der Waals surface area (Å²) in [6.07, 6.45) is 0. The van der Waals surface area contributed by atoms with Crippen molar-refractivity contribution < 1.29 is 9.94 Å². The molecule has 0 bridgehead atoms. The maximum absolute atomic E-state index is 8.45. The Morgan fingerprint density at radius 3 is 2.79 bits per heavy atom. The Labute approximate surface area is 85.5 Å². The number of nitrogens with two attached hydrogens (primary N) is 1. The van der Waals surface area contributed by atoms with Gasteiger partial charge in [0.1, 0.15) is 5.84 Å². The van der Waals surface area contributed by atoms with Gasteiger partial charge in [-0.05, 0) is 14.0 Å². The summed E-state index contributed by atoms with van der Waals surface area (Å²) in [6, 6.07) is 0. The zero-order valence-corrected chi connectivity index (χ0v) is 9.23. The second-order valence-corrected chi connectivity index (χ2v) is 3.39. The fourth-order valence-corrected chi connectivity index (χ4v) is 1.12. The number of rotatable bonds is 7. The van der Waals surface area contributed by atoms with Crippen LogP contribution in [-0.4, -0.2) is 49.3 Å². The van der Waals surface area contributed by atoms with Crippen LogP contribution in [-0.2, 0) is 4.74 Å². The van der Waals surface area contributed by atoms with Crippen molar-refractivity contribution in [2.45, 2.75) is 13.8 Å². The lowest BCUT2D eigenvalue weighted by Gasteiger charge is -2.20. The van der Waals surface area contributed by atoms with E-state index in [2.05, 4.69) is 10.1 Å². The molecule has 5 heteroatoms. The number of hydrogen-bond donors (Lipinski definition) is 2. The van der Waals surface area contributed by atoms with Crippen molar-refractivity contribution in [1.82, 2.24) is 4.90 Å². The molecular weight excluding hydrogens is 182 g/mol. The first-order valence-electron chi connectivity index (χ1n) is 4.85. The van der Waals surface area contributed by atoms with Crippen LogP contribution < -0.4 is 5.73 Å². The Morgan fingerprint density at radius 1 is 1.64 bits per heavy atom. The molecule has 1 unspecified atom stereocenters. The van der Waals surface area contributed by atoms with Gasteiger partial charge in [0.25, 0.3) is 0 Å². The molecule has 0 rings (SSSR count). The Bertz CT molecular complexity index is 173. The van der Waals surface area contributed by atoms with Gasteiger partial charge >= 0.3 is 0 Å². The minimum Gasteiger partial charge on any atom is -0.409 e. The summed E-state index contributed by atoms with van der Waals surface area (Å²) < 4.78 is 5.22. The van der Waals surface area contributed by atoms with Gasteiger partial charge in [0, 0.05) is 25.6 Å². The number of nitrogens with zero attached hydrogens (tertiary/aromatic N) is 2. The van der Waals surface area contributed by atoms with Crippen LogP contribution in [0, 0.1) is 5.92 Å². The van der Waals surface area contributed by atoms with E-state index < -0.39 is 0 Å². The highest BCUT2D eigenvalue weighted by Gasteiger charge is 2.10. The van der Waals surface area contributed by atoms with E-state index in [1.165, 1.54) is 0 Å². The van der Waals surface area contributed by atoms with Crippen LogP contribution in [0.1, 0.15) is 13.8 Å². The van der Waals surface area contributed by atoms with Crippen molar-refractivity contribution in [2.24, 2.45) is 16.8 Å². The summed E-state index contributed by atoms with van der Waals surface area (Å²) >= 11 is 0. The van der Waals surface area contributed by atoms with Gasteiger partial charge < -0.3 is 20.6 Å². The maximum atomic E-state index is 8.45. The van der Waals surface area contributed by atoms with Crippen molar-refractivity contribution in [3.63, 3.8) is 0 Å². The van der Waals surface area contributed by atoms with Crippen LogP contribution in [0.3, 0.4) is 0 Å². The minimum atomic E-state index is 0.0617. The summed E-state index contributed by atoms with van der Waals surface area (Å²) in [5.74, 6) is 0.333. The Morgan fingerprint density at radius 2 is 2.29 bits per heavy atom. The zero-order chi connectivity index (χ0) is 11.0. The van der Waals surface area contributed by atoms with E-state index in [1.807, 2.05) is 20.9 Å². The second-order valence-electron chi connectivity index (χ2n) is 3.39. The van der Waals surface area contributed by atoms with Crippen molar-refractivity contribution >= 4 is 5.84 Å². The second kappa shape index (κ2) is 7.58. The summed E-state index contributed by atoms with van der Waals surface area (Å²) in [7, 11) is 1.99. The van der Waals surface area contributed by atoms with Gasteiger partial charge in [-0.15, -0.1) is 0 Å². The van der Waals surface area contributed by atoms with E-state index in [-0.39, 0.29) is 11.8 Å². The Kier molecular flexibility index (Phi) is 7.14. The lowest BCUT2D eigenvalue weighted by molar-refractivity contribution is 0.120. The monoisotopic (exact) mass is 203 g/mol. The third-order valence-corrected chi connectivity index (χ3v) is 2.03. The largest absolute Gasteiger partial charge is 0.409 e. The summed E-state index contributed by atoms with van der Waals surface area (Å²) in [6.45, 7) is 6.98. The van der Waals surface area contributed by atoms with Crippen molar-refractivity contribution in [3.8, 4) is 0 Å². The molecule has 0 saturated heterocycles. The summed E-state index contributed by atoms with van der Waals surface area (Å²) in [4.78, 5) is 2.10. The average Bonchev–Trinajstić information content (AvgIpc) is 2.16. The molecule has 0 amide bonds. The Balaban J connectivity index is 3.65. The molecule has 14 heavy (non-hydrogen) atoms. The molecule has 84 valence electrons. The molecule has 3 N–H and O–H groups in total. The highest BCUT2D eigenvalue weighted by atomic mass is 16.5. The number of ether oxygens (including phenoxy) is 1. The normalized spacial score (nSPS) is 14.7. The highest BCUT2D eigenvalue weighted by molar-refractivity contribution is 5.82. The molecule has 0 aliphatic carbocycles. The quantitative estimate of drug-likeness (QED) is 0.206. The van der Waals surface area contributed by atoms with E-state index in [0.29, 0.717) is 0 Å². The van der Waals surface area contributed by atoms with E-state index in [0.717, 1.165) is 26.3 Å². The predicted molar refractivity (Wildman–Crippen MR) is 56.6 cm³/mol. The van der Waals surface area contributed by atoms with E-state index in [4.69, 9.17) is 15.7 Å². The molecule has 0 aromatic heterocycles. The first-order chi connectivity index (χ1) is 6.61. The number of oxime groups is 1. The van der Waals surface area contributed by atoms with E-state index in [9.17, 15) is 0 Å². The molecule has 1 atom stereocenters. The SMILES string of the molecule is CCOCCN(C)CC(C)C(N)=NO. The topological polar surface area (TPSA) is 71.1 Å². The first kappa shape index (κ1) is 13.2. The molecule has 0 aromatic carbocycles. The third-order valence-electron chi connectivity index (χ3n) is 2.03. The van der Waals surface area contributed by atoms with Gasteiger partial charge in [-0.3, -0.25) is 0 Å². The van der Waals surface area contributed by atoms with Gasteiger partial charge in [0.2, 0.25) is 0 Å². The van der Waals surface area contributed by atoms with Gasteiger partial charge in [-0.25, -0.2) is 0 Å². The highest BCUT2D eigenvalue weighted by Crippen LogP contribution is 1.97. The minimum absolute atomic E-state index is 0.0617. The molecule has 0 saturated carbocycles. The summed E-state index contributed by atoms with van der Waals surface area (Å²) in [5, 5.41) is 11.4. The molecule has 0 spiro atoms. The molecule has 0 heterocycles. The molecular formula is C9H21N3O2. The van der Waals surface area contributed by atoms with Crippen LogP contribution >= 0.6 is 0 Å². The van der Waals surface area contributed by atoms with Crippen LogP contribution in [0.15, 0.2) is 5.16 Å². The fraction of sp³-hybridized carbons (Fsp3) is 0.889. The van der Waals surface area contributed by atoms with Crippen LogP contribution in [0.4, 0.5) is 0 Å². The van der Waals surface area contributed by atoms with Gasteiger partial charge in [0.15, 0.2) is 0 Å². The van der Waals surface area contributed by atoms with Crippen LogP contribution in [0.25, 0.3) is 0 Å². The number of hydrogen-bond acceptors (Lipinski definition) is 4. The van der Waals surface area contributed by atoms with Gasteiger partial charge in [-0.2, -0.15) is 0 Å². The molecule has 5 nitrogen and oxygen atoms in total. The molecule has 0 radical (unpaired) electrons. The van der Waals surface area contributed by atoms with Crippen LogP contribution in [0.2, 0.25) is 0 Å².